The highest BCUT2D eigenvalue weighted by atomic mass is 16.1. The third kappa shape index (κ3) is 4.43. The molecule has 0 bridgehead atoms. The Labute approximate surface area is 164 Å². The zero-order valence-electron chi connectivity index (χ0n) is 16.5. The fourth-order valence-electron chi connectivity index (χ4n) is 3.10. The van der Waals surface area contributed by atoms with Gasteiger partial charge < -0.3 is 10.6 Å². The average Bonchev–Trinajstić information content (AvgIpc) is 2.65. The maximum atomic E-state index is 12.6. The molecule has 2 aromatic carbocycles. The first-order chi connectivity index (χ1) is 13.3. The zero-order valence-corrected chi connectivity index (χ0v) is 16.5. The maximum absolute atomic E-state index is 12.6. The number of aromatic nitrogens is 1. The second-order valence-corrected chi connectivity index (χ2v) is 6.92. The summed E-state index contributed by atoms with van der Waals surface area (Å²) in [6.45, 7) is 7.54. The van der Waals surface area contributed by atoms with Gasteiger partial charge in [-0.15, -0.1) is 0 Å². The van der Waals surface area contributed by atoms with E-state index in [0.717, 1.165) is 22.5 Å². The van der Waals surface area contributed by atoms with E-state index in [-0.39, 0.29) is 11.7 Å². The molecule has 1 heterocycles. The summed E-state index contributed by atoms with van der Waals surface area (Å²) in [5, 5.41) is 6.13. The van der Waals surface area contributed by atoms with Gasteiger partial charge in [0.05, 0.1) is 5.56 Å². The predicted molar refractivity (Wildman–Crippen MR) is 113 cm³/mol. The van der Waals surface area contributed by atoms with Gasteiger partial charge in [-0.2, -0.15) is 0 Å². The molecule has 0 aliphatic carbocycles. The second kappa shape index (κ2) is 8.05. The third-order valence-electron chi connectivity index (χ3n) is 4.51. The number of anilines is 3. The van der Waals surface area contributed by atoms with Crippen LogP contribution in [0.2, 0.25) is 0 Å². The van der Waals surface area contributed by atoms with Crippen molar-refractivity contribution in [3.8, 4) is 0 Å². The molecule has 3 aromatic rings. The lowest BCUT2D eigenvalue weighted by Gasteiger charge is -2.13. The van der Waals surface area contributed by atoms with Crippen LogP contribution in [-0.2, 0) is 0 Å². The number of amides is 1. The van der Waals surface area contributed by atoms with Crippen LogP contribution in [0.3, 0.4) is 0 Å². The molecule has 1 aromatic heterocycles. The Morgan fingerprint density at radius 3 is 2.00 bits per heavy atom. The number of rotatable bonds is 5. The molecule has 3 rings (SSSR count). The SMILES string of the molecule is CC(=O)c1ccc(Nc2ccc(C(=O)Nc3c(C)cc(C)cc3C)cn2)cc1. The molecule has 0 spiro atoms. The van der Waals surface area contributed by atoms with E-state index in [1.54, 1.807) is 30.5 Å². The van der Waals surface area contributed by atoms with Crippen LogP contribution in [0.1, 0.15) is 44.3 Å². The Bertz CT molecular complexity index is 1000. The molecule has 0 atom stereocenters. The summed E-state index contributed by atoms with van der Waals surface area (Å²) in [4.78, 5) is 28.2. The molecule has 5 nitrogen and oxygen atoms in total. The minimum Gasteiger partial charge on any atom is -0.340 e. The lowest BCUT2D eigenvalue weighted by Crippen LogP contribution is -2.14. The van der Waals surface area contributed by atoms with Crippen LogP contribution < -0.4 is 10.6 Å². The highest BCUT2D eigenvalue weighted by Gasteiger charge is 2.11. The Morgan fingerprint density at radius 1 is 0.857 bits per heavy atom. The number of carbonyl (C=O) groups is 2. The maximum Gasteiger partial charge on any atom is 0.257 e. The van der Waals surface area contributed by atoms with Gasteiger partial charge in [-0.25, -0.2) is 4.98 Å². The number of carbonyl (C=O) groups excluding carboxylic acids is 2. The molecule has 0 fully saturated rings. The molecule has 2 N–H and O–H groups in total. The summed E-state index contributed by atoms with van der Waals surface area (Å²) in [5.74, 6) is 0.453. The van der Waals surface area contributed by atoms with Crippen molar-refractivity contribution in [1.82, 2.24) is 4.98 Å². The van der Waals surface area contributed by atoms with E-state index in [1.807, 2.05) is 45.0 Å². The molecular weight excluding hydrogens is 350 g/mol. The van der Waals surface area contributed by atoms with Crippen LogP contribution in [-0.4, -0.2) is 16.7 Å². The van der Waals surface area contributed by atoms with Gasteiger partial charge in [-0.3, -0.25) is 9.59 Å². The lowest BCUT2D eigenvalue weighted by atomic mass is 10.0. The number of hydrogen-bond donors (Lipinski definition) is 2. The number of nitrogens with zero attached hydrogens (tertiary/aromatic N) is 1. The Kier molecular flexibility index (Phi) is 5.54. The Morgan fingerprint density at radius 2 is 1.46 bits per heavy atom. The first kappa shape index (κ1) is 19.3. The lowest BCUT2D eigenvalue weighted by molar-refractivity contribution is 0.101. The fourth-order valence-corrected chi connectivity index (χ4v) is 3.10. The third-order valence-corrected chi connectivity index (χ3v) is 4.51. The van der Waals surface area contributed by atoms with Gasteiger partial charge in [-0.1, -0.05) is 17.7 Å². The van der Waals surface area contributed by atoms with Gasteiger partial charge in [0.15, 0.2) is 5.78 Å². The summed E-state index contributed by atoms with van der Waals surface area (Å²) in [5.41, 5.74) is 6.03. The van der Waals surface area contributed by atoms with E-state index in [2.05, 4.69) is 15.6 Å². The van der Waals surface area contributed by atoms with Gasteiger partial charge in [-0.05, 0) is 75.2 Å². The number of hydrogen-bond acceptors (Lipinski definition) is 4. The summed E-state index contributed by atoms with van der Waals surface area (Å²) >= 11 is 0. The highest BCUT2D eigenvalue weighted by molar-refractivity contribution is 6.05. The van der Waals surface area contributed by atoms with Crippen molar-refractivity contribution < 1.29 is 9.59 Å². The Balaban J connectivity index is 1.70. The van der Waals surface area contributed by atoms with E-state index < -0.39 is 0 Å². The fraction of sp³-hybridized carbons (Fsp3) is 0.174. The molecule has 5 heteroatoms. The van der Waals surface area contributed by atoms with E-state index in [1.165, 1.54) is 12.5 Å². The monoisotopic (exact) mass is 373 g/mol. The van der Waals surface area contributed by atoms with Crippen molar-refractivity contribution in [1.29, 1.82) is 0 Å². The minimum absolute atomic E-state index is 0.0269. The van der Waals surface area contributed by atoms with Crippen LogP contribution in [0.4, 0.5) is 17.2 Å². The van der Waals surface area contributed by atoms with E-state index in [0.29, 0.717) is 16.9 Å². The molecule has 0 unspecified atom stereocenters. The Hall–Kier alpha value is -3.47. The highest BCUT2D eigenvalue weighted by Crippen LogP contribution is 2.23. The molecule has 0 radical (unpaired) electrons. The number of pyridine rings is 1. The van der Waals surface area contributed by atoms with E-state index >= 15 is 0 Å². The molecule has 0 aliphatic rings. The van der Waals surface area contributed by atoms with Crippen molar-refractivity contribution in [3.05, 3.63) is 82.5 Å². The van der Waals surface area contributed by atoms with Crippen LogP contribution in [0, 0.1) is 20.8 Å². The van der Waals surface area contributed by atoms with Crippen LogP contribution in [0.15, 0.2) is 54.7 Å². The van der Waals surface area contributed by atoms with Crippen LogP contribution in [0.5, 0.6) is 0 Å². The molecule has 0 saturated carbocycles. The number of aryl methyl sites for hydroxylation is 3. The van der Waals surface area contributed by atoms with Gasteiger partial charge in [0.25, 0.3) is 5.91 Å². The molecule has 0 aliphatic heterocycles. The normalized spacial score (nSPS) is 10.4. The van der Waals surface area contributed by atoms with Gasteiger partial charge in [0, 0.05) is 23.1 Å². The molecule has 142 valence electrons. The van der Waals surface area contributed by atoms with Crippen LogP contribution in [0.25, 0.3) is 0 Å². The summed E-state index contributed by atoms with van der Waals surface area (Å²) in [6.07, 6.45) is 1.54. The molecule has 0 saturated heterocycles. The minimum atomic E-state index is -0.195. The molecular formula is C23H23N3O2. The van der Waals surface area contributed by atoms with Crippen molar-refractivity contribution in [3.63, 3.8) is 0 Å². The van der Waals surface area contributed by atoms with E-state index in [4.69, 9.17) is 0 Å². The number of nitrogens with one attached hydrogen (secondary N) is 2. The molecule has 1 amide bonds. The average molecular weight is 373 g/mol. The van der Waals surface area contributed by atoms with Crippen molar-refractivity contribution >= 4 is 28.9 Å². The van der Waals surface area contributed by atoms with Crippen molar-refractivity contribution in [2.45, 2.75) is 27.7 Å². The van der Waals surface area contributed by atoms with Crippen LogP contribution >= 0.6 is 0 Å². The summed E-state index contributed by atoms with van der Waals surface area (Å²) < 4.78 is 0. The van der Waals surface area contributed by atoms with Crippen molar-refractivity contribution in [2.75, 3.05) is 10.6 Å². The van der Waals surface area contributed by atoms with Gasteiger partial charge in [0.1, 0.15) is 5.82 Å². The topological polar surface area (TPSA) is 71.1 Å². The quantitative estimate of drug-likeness (QED) is 0.603. The number of benzene rings is 2. The predicted octanol–water partition coefficient (Wildman–Crippen LogP) is 5.21. The number of ketones is 1. The van der Waals surface area contributed by atoms with Gasteiger partial charge in [0.2, 0.25) is 0 Å². The summed E-state index contributed by atoms with van der Waals surface area (Å²) in [6, 6.07) is 14.7. The number of Topliss-reactive ketones (excluding diaryl/α,β-unsaturated/α-hetero) is 1. The largest absolute Gasteiger partial charge is 0.340 e. The molecule has 28 heavy (non-hydrogen) atoms. The van der Waals surface area contributed by atoms with E-state index in [9.17, 15) is 9.59 Å². The first-order valence-electron chi connectivity index (χ1n) is 9.07. The van der Waals surface area contributed by atoms with Crippen molar-refractivity contribution in [2.24, 2.45) is 0 Å². The van der Waals surface area contributed by atoms with Gasteiger partial charge >= 0.3 is 0 Å². The smallest absolute Gasteiger partial charge is 0.257 e. The first-order valence-corrected chi connectivity index (χ1v) is 9.07. The second-order valence-electron chi connectivity index (χ2n) is 6.92. The summed E-state index contributed by atoms with van der Waals surface area (Å²) in [7, 11) is 0. The zero-order chi connectivity index (χ0) is 20.3. The standard InChI is InChI=1S/C23H23N3O2/c1-14-11-15(2)22(16(3)12-14)26-23(28)19-7-10-21(24-13-19)25-20-8-5-18(6-9-20)17(4)27/h5-13H,1-4H3,(H,24,25)(H,26,28).